The number of aromatic nitrogens is 2. The summed E-state index contributed by atoms with van der Waals surface area (Å²) >= 11 is 11.7. The number of halogens is 2. The van der Waals surface area contributed by atoms with Gasteiger partial charge in [-0.1, -0.05) is 23.2 Å². The average Bonchev–Trinajstić information content (AvgIpc) is 2.60. The van der Waals surface area contributed by atoms with Crippen molar-refractivity contribution in [3.05, 3.63) is 51.9 Å². The van der Waals surface area contributed by atoms with Crippen LogP contribution in [0.5, 0.6) is 0 Å². The molecule has 1 saturated heterocycles. The van der Waals surface area contributed by atoms with Gasteiger partial charge in [0.1, 0.15) is 16.1 Å². The summed E-state index contributed by atoms with van der Waals surface area (Å²) in [5.41, 5.74) is 1.38. The van der Waals surface area contributed by atoms with Gasteiger partial charge >= 0.3 is 0 Å². The number of nitrogens with one attached hydrogen (secondary N) is 1. The average molecular weight is 380 g/mol. The van der Waals surface area contributed by atoms with Gasteiger partial charge in [0.25, 0.3) is 5.91 Å². The largest absolute Gasteiger partial charge is 0.354 e. The quantitative estimate of drug-likeness (QED) is 0.826. The van der Waals surface area contributed by atoms with Gasteiger partial charge in [0.2, 0.25) is 0 Å². The van der Waals surface area contributed by atoms with E-state index in [0.717, 1.165) is 37.6 Å². The van der Waals surface area contributed by atoms with Gasteiger partial charge in [-0.3, -0.25) is 4.79 Å². The minimum Gasteiger partial charge on any atom is -0.354 e. The molecule has 0 aliphatic carbocycles. The van der Waals surface area contributed by atoms with E-state index in [1.165, 1.54) is 12.1 Å². The maximum atomic E-state index is 12.3. The number of piperazine rings is 1. The number of carbonyl (C=O) groups excluding carboxylic acids is 1. The molecular formula is C17H19Cl2N5O. The lowest BCUT2D eigenvalue weighted by molar-refractivity contribution is 0.0951. The molecule has 25 heavy (non-hydrogen) atoms. The second kappa shape index (κ2) is 7.99. The van der Waals surface area contributed by atoms with Crippen molar-refractivity contribution in [2.24, 2.45) is 0 Å². The normalized spacial score (nSPS) is 15.2. The number of rotatable bonds is 4. The zero-order valence-corrected chi connectivity index (χ0v) is 15.4. The Balaban J connectivity index is 1.63. The summed E-state index contributed by atoms with van der Waals surface area (Å²) in [7, 11) is 2.12. The molecule has 1 fully saturated rings. The van der Waals surface area contributed by atoms with Gasteiger partial charge < -0.3 is 15.1 Å². The van der Waals surface area contributed by atoms with Crippen LogP contribution in [0.3, 0.4) is 0 Å². The van der Waals surface area contributed by atoms with E-state index in [9.17, 15) is 4.79 Å². The molecule has 0 aromatic carbocycles. The zero-order chi connectivity index (χ0) is 17.8. The Labute approximate surface area is 156 Å². The van der Waals surface area contributed by atoms with Crippen LogP contribution in [-0.4, -0.2) is 54.0 Å². The summed E-state index contributed by atoms with van der Waals surface area (Å²) in [6, 6.07) is 6.89. The van der Waals surface area contributed by atoms with Crippen LogP contribution >= 0.6 is 23.2 Å². The van der Waals surface area contributed by atoms with E-state index in [1.807, 2.05) is 12.1 Å². The van der Waals surface area contributed by atoms with Crippen molar-refractivity contribution in [1.82, 2.24) is 20.2 Å². The smallest absolute Gasteiger partial charge is 0.251 e. The van der Waals surface area contributed by atoms with Gasteiger partial charge in [0.15, 0.2) is 0 Å². The molecule has 0 spiro atoms. The summed E-state index contributed by atoms with van der Waals surface area (Å²) in [4.78, 5) is 25.1. The van der Waals surface area contributed by atoms with Gasteiger partial charge in [-0.05, 0) is 36.9 Å². The van der Waals surface area contributed by atoms with Crippen molar-refractivity contribution in [3.8, 4) is 0 Å². The molecule has 1 amide bonds. The summed E-state index contributed by atoms with van der Waals surface area (Å²) in [5.74, 6) is 0.694. The first kappa shape index (κ1) is 17.9. The van der Waals surface area contributed by atoms with Crippen LogP contribution in [0.1, 0.15) is 15.9 Å². The van der Waals surface area contributed by atoms with E-state index in [2.05, 4.69) is 32.1 Å². The summed E-state index contributed by atoms with van der Waals surface area (Å²) in [6.45, 7) is 4.35. The number of nitrogens with zero attached hydrogens (tertiary/aromatic N) is 4. The first-order chi connectivity index (χ1) is 12.0. The molecule has 2 aromatic heterocycles. The summed E-state index contributed by atoms with van der Waals surface area (Å²) < 4.78 is 0. The molecular weight excluding hydrogens is 361 g/mol. The fraction of sp³-hybridized carbons (Fsp3) is 0.353. The maximum Gasteiger partial charge on any atom is 0.251 e. The van der Waals surface area contributed by atoms with Crippen LogP contribution in [0.4, 0.5) is 5.82 Å². The van der Waals surface area contributed by atoms with E-state index in [-0.39, 0.29) is 16.2 Å². The maximum absolute atomic E-state index is 12.3. The Morgan fingerprint density at radius 3 is 2.52 bits per heavy atom. The van der Waals surface area contributed by atoms with Gasteiger partial charge in [-0.15, -0.1) is 0 Å². The van der Waals surface area contributed by atoms with Crippen LogP contribution in [0.15, 0.2) is 30.5 Å². The number of pyridine rings is 2. The molecule has 1 N–H and O–H groups in total. The highest BCUT2D eigenvalue weighted by molar-refractivity contribution is 6.33. The van der Waals surface area contributed by atoms with Crippen LogP contribution in [0, 0.1) is 0 Å². The highest BCUT2D eigenvalue weighted by Crippen LogP contribution is 2.16. The van der Waals surface area contributed by atoms with Crippen LogP contribution in [-0.2, 0) is 6.54 Å². The van der Waals surface area contributed by atoms with E-state index in [1.54, 1.807) is 6.20 Å². The van der Waals surface area contributed by atoms with Crippen LogP contribution in [0.25, 0.3) is 0 Å². The molecule has 2 aromatic rings. The Kier molecular flexibility index (Phi) is 5.73. The van der Waals surface area contributed by atoms with Crippen molar-refractivity contribution in [2.75, 3.05) is 38.1 Å². The third-order valence-electron chi connectivity index (χ3n) is 4.12. The second-order valence-corrected chi connectivity index (χ2v) is 6.77. The molecule has 1 aliphatic rings. The number of amides is 1. The summed E-state index contributed by atoms with van der Waals surface area (Å²) in [5, 5.41) is 3.26. The molecule has 0 atom stereocenters. The monoisotopic (exact) mass is 379 g/mol. The van der Waals surface area contributed by atoms with Crippen molar-refractivity contribution in [2.45, 2.75) is 6.54 Å². The van der Waals surface area contributed by atoms with E-state index >= 15 is 0 Å². The minimum absolute atomic E-state index is 0.193. The lowest BCUT2D eigenvalue weighted by atomic mass is 10.2. The minimum atomic E-state index is -0.246. The molecule has 1 aliphatic heterocycles. The van der Waals surface area contributed by atoms with Gasteiger partial charge in [-0.2, -0.15) is 0 Å². The molecule has 8 heteroatoms. The molecule has 3 heterocycles. The molecule has 3 rings (SSSR count). The number of likely N-dealkylation sites (N-methyl/N-ethyl adjacent to an activating group) is 1. The van der Waals surface area contributed by atoms with E-state index in [4.69, 9.17) is 23.2 Å². The number of hydrogen-bond donors (Lipinski definition) is 1. The lowest BCUT2D eigenvalue weighted by Crippen LogP contribution is -2.44. The first-order valence-corrected chi connectivity index (χ1v) is 8.76. The third-order valence-corrected chi connectivity index (χ3v) is 4.50. The molecule has 0 unspecified atom stereocenters. The number of carbonyl (C=O) groups is 1. The molecule has 0 bridgehead atoms. The lowest BCUT2D eigenvalue weighted by Gasteiger charge is -2.33. The molecule has 0 saturated carbocycles. The molecule has 132 valence electrons. The van der Waals surface area contributed by atoms with E-state index < -0.39 is 0 Å². The van der Waals surface area contributed by atoms with Crippen LogP contribution < -0.4 is 10.2 Å². The van der Waals surface area contributed by atoms with Crippen LogP contribution in [0.2, 0.25) is 10.3 Å². The Bertz CT molecular complexity index is 742. The zero-order valence-electron chi connectivity index (χ0n) is 13.9. The first-order valence-electron chi connectivity index (χ1n) is 8.01. The highest BCUT2D eigenvalue weighted by Gasteiger charge is 2.15. The summed E-state index contributed by atoms with van der Waals surface area (Å²) in [6.07, 6.45) is 1.77. The molecule has 0 radical (unpaired) electrons. The number of anilines is 1. The van der Waals surface area contributed by atoms with Crippen molar-refractivity contribution >= 4 is 34.9 Å². The molecule has 6 nitrogen and oxygen atoms in total. The highest BCUT2D eigenvalue weighted by atomic mass is 35.5. The van der Waals surface area contributed by atoms with Crippen molar-refractivity contribution in [1.29, 1.82) is 0 Å². The topological polar surface area (TPSA) is 61.4 Å². The standard InChI is InChI=1S/C17H19Cl2N5O/c1-23-4-6-24(7-5-23)16-8-12(2-3-20-16)11-21-17(25)13-9-14(18)22-15(19)10-13/h2-3,8-10H,4-7,11H2,1H3,(H,21,25). The van der Waals surface area contributed by atoms with E-state index in [0.29, 0.717) is 12.1 Å². The Hall–Kier alpha value is -1.89. The fourth-order valence-corrected chi connectivity index (χ4v) is 3.12. The predicted molar refractivity (Wildman–Crippen MR) is 99.4 cm³/mol. The second-order valence-electron chi connectivity index (χ2n) is 6.00. The van der Waals surface area contributed by atoms with Gasteiger partial charge in [0.05, 0.1) is 0 Å². The third kappa shape index (κ3) is 4.81. The Morgan fingerprint density at radius 2 is 1.84 bits per heavy atom. The SMILES string of the molecule is CN1CCN(c2cc(CNC(=O)c3cc(Cl)nc(Cl)c3)ccn2)CC1. The van der Waals surface area contributed by atoms with Gasteiger partial charge in [0, 0.05) is 44.5 Å². The fourth-order valence-electron chi connectivity index (χ4n) is 2.66. The van der Waals surface area contributed by atoms with Gasteiger partial charge in [-0.25, -0.2) is 9.97 Å². The van der Waals surface area contributed by atoms with Crippen molar-refractivity contribution in [3.63, 3.8) is 0 Å². The number of hydrogen-bond acceptors (Lipinski definition) is 5. The predicted octanol–water partition coefficient (Wildman–Crippen LogP) is 2.47. The Morgan fingerprint density at radius 1 is 1.16 bits per heavy atom. The van der Waals surface area contributed by atoms with Crippen molar-refractivity contribution < 1.29 is 4.79 Å².